The minimum absolute atomic E-state index is 0.0391. The number of carbonyl (C=O) groups is 1. The van der Waals surface area contributed by atoms with E-state index < -0.39 is 17.3 Å². The average molecular weight is 482 g/mol. The molecule has 0 aliphatic heterocycles. The van der Waals surface area contributed by atoms with E-state index in [0.29, 0.717) is 5.56 Å². The topological polar surface area (TPSA) is 98.4 Å². The maximum absolute atomic E-state index is 13.0. The summed E-state index contributed by atoms with van der Waals surface area (Å²) in [5, 5.41) is 13.0. The molecule has 12 heteroatoms. The van der Waals surface area contributed by atoms with Crippen LogP contribution in [0.1, 0.15) is 25.1 Å². The van der Waals surface area contributed by atoms with E-state index in [0.717, 1.165) is 4.57 Å². The van der Waals surface area contributed by atoms with Gasteiger partial charge in [0, 0.05) is 11.1 Å². The minimum Gasteiger partial charge on any atom is -0.493 e. The van der Waals surface area contributed by atoms with Crippen molar-refractivity contribution in [1.29, 1.82) is 0 Å². The molecule has 0 atom stereocenters. The van der Waals surface area contributed by atoms with Crippen molar-refractivity contribution in [3.63, 3.8) is 0 Å². The minimum atomic E-state index is -4.43. The predicted molar refractivity (Wildman–Crippen MR) is 117 cm³/mol. The van der Waals surface area contributed by atoms with Crippen molar-refractivity contribution in [2.45, 2.75) is 43.8 Å². The lowest BCUT2D eigenvalue weighted by Gasteiger charge is -2.10. The van der Waals surface area contributed by atoms with Crippen molar-refractivity contribution in [3.8, 4) is 11.6 Å². The van der Waals surface area contributed by atoms with E-state index in [1.54, 1.807) is 32.9 Å². The van der Waals surface area contributed by atoms with Crippen LogP contribution in [0.5, 0.6) is 5.88 Å². The molecule has 2 aromatic heterocycles. The molecule has 1 aromatic carbocycles. The molecule has 3 rings (SSSR count). The average Bonchev–Trinajstić information content (AvgIpc) is 2.90. The van der Waals surface area contributed by atoms with Crippen LogP contribution in [0.15, 0.2) is 52.3 Å². The number of halogens is 3. The number of alkyl halides is 3. The fraction of sp³-hybridized carbons (Fsp3) is 0.286. The highest BCUT2D eigenvalue weighted by atomic mass is 32.2. The summed E-state index contributed by atoms with van der Waals surface area (Å²) in [4.78, 5) is 28.8. The molecule has 33 heavy (non-hydrogen) atoms. The number of amides is 1. The molecule has 0 aliphatic rings. The molecule has 0 aliphatic carbocycles. The standard InChI is InChI=1S/C21H21F3N4O4S/c1-12(2)32-19(30)26-17-10-14(8-9-25-17)11-27-13(3)18(29)28(20(27)31)15-4-6-16(7-5-15)33-21(22,23)24/h4-10,12,29H,11H2,1-3H3,(H,25,26,30). The van der Waals surface area contributed by atoms with Crippen LogP contribution in [0.3, 0.4) is 0 Å². The van der Waals surface area contributed by atoms with Gasteiger partial charge >= 0.3 is 17.3 Å². The first-order chi connectivity index (χ1) is 15.4. The van der Waals surface area contributed by atoms with E-state index in [-0.39, 0.29) is 52.4 Å². The number of thioether (sulfide) groups is 1. The number of imidazole rings is 1. The number of anilines is 1. The summed E-state index contributed by atoms with van der Waals surface area (Å²) in [6, 6.07) is 8.31. The number of carbonyl (C=O) groups excluding carboxylic acids is 1. The fourth-order valence-electron chi connectivity index (χ4n) is 3.02. The molecule has 0 saturated carbocycles. The number of nitrogens with one attached hydrogen (secondary N) is 1. The van der Waals surface area contributed by atoms with Crippen LogP contribution in [0.25, 0.3) is 5.69 Å². The van der Waals surface area contributed by atoms with Gasteiger partial charge in [0.25, 0.3) is 0 Å². The van der Waals surface area contributed by atoms with Crippen LogP contribution in [-0.2, 0) is 11.3 Å². The van der Waals surface area contributed by atoms with E-state index in [1.807, 2.05) is 0 Å². The van der Waals surface area contributed by atoms with Crippen molar-refractivity contribution in [2.24, 2.45) is 0 Å². The molecule has 1 amide bonds. The number of hydrogen-bond donors (Lipinski definition) is 2. The second-order valence-corrected chi connectivity index (χ2v) is 8.42. The summed E-state index contributed by atoms with van der Waals surface area (Å²) >= 11 is -0.268. The van der Waals surface area contributed by atoms with Crippen molar-refractivity contribution >= 4 is 23.7 Å². The van der Waals surface area contributed by atoms with Crippen LogP contribution in [0.2, 0.25) is 0 Å². The zero-order chi connectivity index (χ0) is 24.3. The monoisotopic (exact) mass is 482 g/mol. The number of pyridine rings is 1. The molecule has 0 saturated heterocycles. The number of hydrogen-bond acceptors (Lipinski definition) is 6. The lowest BCUT2D eigenvalue weighted by atomic mass is 10.2. The molecule has 2 heterocycles. The van der Waals surface area contributed by atoms with Gasteiger partial charge in [-0.05, 0) is 74.5 Å². The lowest BCUT2D eigenvalue weighted by Crippen LogP contribution is -2.24. The Bertz CT molecular complexity index is 1200. The molecule has 8 nitrogen and oxygen atoms in total. The number of rotatable bonds is 6. The smallest absolute Gasteiger partial charge is 0.446 e. The van der Waals surface area contributed by atoms with Gasteiger partial charge in [-0.25, -0.2) is 19.1 Å². The maximum atomic E-state index is 13.0. The Morgan fingerprint density at radius 2 is 1.91 bits per heavy atom. The summed E-state index contributed by atoms with van der Waals surface area (Å²) in [6.45, 7) is 5.02. The zero-order valence-corrected chi connectivity index (χ0v) is 18.7. The first-order valence-corrected chi connectivity index (χ1v) is 10.6. The van der Waals surface area contributed by atoms with E-state index in [4.69, 9.17) is 4.74 Å². The SMILES string of the molecule is Cc1c(O)n(-c2ccc(SC(F)(F)F)cc2)c(=O)n1Cc1ccnc(NC(=O)OC(C)C)c1. The molecular weight excluding hydrogens is 461 g/mol. The number of benzene rings is 1. The summed E-state index contributed by atoms with van der Waals surface area (Å²) in [7, 11) is 0. The molecule has 3 aromatic rings. The zero-order valence-electron chi connectivity index (χ0n) is 17.9. The Morgan fingerprint density at radius 3 is 2.52 bits per heavy atom. The van der Waals surface area contributed by atoms with Crippen LogP contribution in [-0.4, -0.2) is 36.9 Å². The molecule has 0 spiro atoms. The summed E-state index contributed by atoms with van der Waals surface area (Å²) in [5.74, 6) is -0.102. The molecule has 0 fully saturated rings. The van der Waals surface area contributed by atoms with Gasteiger partial charge in [0.1, 0.15) is 5.82 Å². The Kier molecular flexibility index (Phi) is 7.06. The third-order valence-electron chi connectivity index (χ3n) is 4.43. The predicted octanol–water partition coefficient (Wildman–Crippen LogP) is 4.67. The summed E-state index contributed by atoms with van der Waals surface area (Å²) in [6.07, 6.45) is 0.478. The Hall–Kier alpha value is -3.41. The van der Waals surface area contributed by atoms with Crippen molar-refractivity contribution in [2.75, 3.05) is 5.32 Å². The van der Waals surface area contributed by atoms with E-state index in [1.165, 1.54) is 35.0 Å². The van der Waals surface area contributed by atoms with E-state index in [9.17, 15) is 27.9 Å². The third kappa shape index (κ3) is 6.09. The summed E-state index contributed by atoms with van der Waals surface area (Å²) < 4.78 is 44.9. The van der Waals surface area contributed by atoms with Crippen LogP contribution < -0.4 is 11.0 Å². The van der Waals surface area contributed by atoms with Gasteiger partial charge in [-0.1, -0.05) is 0 Å². The lowest BCUT2D eigenvalue weighted by molar-refractivity contribution is -0.0328. The maximum Gasteiger partial charge on any atom is 0.446 e. The van der Waals surface area contributed by atoms with Gasteiger partial charge in [0.05, 0.1) is 24.0 Å². The number of aromatic nitrogens is 3. The first kappa shape index (κ1) is 24.2. The Balaban J connectivity index is 1.85. The fourth-order valence-corrected chi connectivity index (χ4v) is 3.56. The quantitative estimate of drug-likeness (QED) is 0.496. The molecule has 2 N–H and O–H groups in total. The van der Waals surface area contributed by atoms with Crippen molar-refractivity contribution in [1.82, 2.24) is 14.1 Å². The van der Waals surface area contributed by atoms with Crippen LogP contribution >= 0.6 is 11.8 Å². The van der Waals surface area contributed by atoms with Crippen LogP contribution in [0.4, 0.5) is 23.8 Å². The molecule has 0 bridgehead atoms. The van der Waals surface area contributed by atoms with Gasteiger partial charge in [-0.3, -0.25) is 9.88 Å². The number of nitrogens with zero attached hydrogens (tertiary/aromatic N) is 3. The highest BCUT2D eigenvalue weighted by Gasteiger charge is 2.29. The van der Waals surface area contributed by atoms with Crippen LogP contribution in [0, 0.1) is 6.92 Å². The van der Waals surface area contributed by atoms with Crippen molar-refractivity contribution in [3.05, 3.63) is 64.3 Å². The highest BCUT2D eigenvalue weighted by Crippen LogP contribution is 2.37. The second-order valence-electron chi connectivity index (χ2n) is 7.28. The molecule has 0 radical (unpaired) electrons. The summed E-state index contributed by atoms with van der Waals surface area (Å²) in [5.41, 5.74) is -3.90. The van der Waals surface area contributed by atoms with Gasteiger partial charge in [0.2, 0.25) is 5.88 Å². The third-order valence-corrected chi connectivity index (χ3v) is 5.17. The number of aromatic hydroxyl groups is 1. The molecule has 0 unspecified atom stereocenters. The first-order valence-electron chi connectivity index (χ1n) is 9.74. The van der Waals surface area contributed by atoms with E-state index in [2.05, 4.69) is 10.3 Å². The molecular formula is C21H21F3N4O4S. The normalized spacial score (nSPS) is 11.6. The van der Waals surface area contributed by atoms with Gasteiger partial charge in [0.15, 0.2) is 0 Å². The molecule has 176 valence electrons. The van der Waals surface area contributed by atoms with Gasteiger partial charge in [-0.2, -0.15) is 13.2 Å². The number of ether oxygens (including phenoxy) is 1. The largest absolute Gasteiger partial charge is 0.493 e. The van der Waals surface area contributed by atoms with Gasteiger partial charge < -0.3 is 9.84 Å². The Morgan fingerprint density at radius 1 is 1.24 bits per heavy atom. The Labute approximate surface area is 191 Å². The van der Waals surface area contributed by atoms with E-state index >= 15 is 0 Å². The van der Waals surface area contributed by atoms with Gasteiger partial charge in [-0.15, -0.1) is 0 Å². The van der Waals surface area contributed by atoms with Crippen molar-refractivity contribution < 1.29 is 27.8 Å². The second kappa shape index (κ2) is 9.61. The highest BCUT2D eigenvalue weighted by molar-refractivity contribution is 8.00.